The van der Waals surface area contributed by atoms with Crippen molar-refractivity contribution in [3.8, 4) is 0 Å². The number of carbonyl (C=O) groups excluding carboxylic acids is 3. The van der Waals surface area contributed by atoms with E-state index in [0.29, 0.717) is 19.3 Å². The summed E-state index contributed by atoms with van der Waals surface area (Å²) >= 11 is 0. The maximum absolute atomic E-state index is 12.9. The lowest BCUT2D eigenvalue weighted by atomic mass is 10.1. The highest BCUT2D eigenvalue weighted by Crippen LogP contribution is 2.13. The molecule has 0 rings (SSSR count). The fourth-order valence-corrected chi connectivity index (χ4v) is 7.83. The minimum atomic E-state index is -0.828. The van der Waals surface area contributed by atoms with Gasteiger partial charge in [-0.3, -0.25) is 14.4 Å². The van der Waals surface area contributed by atoms with Crippen molar-refractivity contribution in [2.24, 2.45) is 0 Å². The van der Waals surface area contributed by atoms with Crippen LogP contribution in [-0.4, -0.2) is 37.2 Å². The molecule has 0 aliphatic rings. The van der Waals surface area contributed by atoms with E-state index in [1.807, 2.05) is 0 Å². The predicted octanol–water partition coefficient (Wildman–Crippen LogP) is 21.5. The Morgan fingerprint density at radius 2 is 0.513 bits per heavy atom. The molecule has 0 bridgehead atoms. The lowest BCUT2D eigenvalue weighted by Gasteiger charge is -2.18. The molecule has 436 valence electrons. The van der Waals surface area contributed by atoms with Crippen LogP contribution in [0.4, 0.5) is 0 Å². The van der Waals surface area contributed by atoms with Crippen molar-refractivity contribution in [3.63, 3.8) is 0 Å². The second kappa shape index (κ2) is 64.3. The summed E-state index contributed by atoms with van der Waals surface area (Å²) in [6.07, 6.45) is 95.0. The van der Waals surface area contributed by atoms with E-state index in [0.717, 1.165) is 161 Å². The largest absolute Gasteiger partial charge is 0.462 e. The molecular weight excluding hydrogens is 961 g/mol. The Hall–Kier alpha value is -5.23. The molecule has 0 saturated carbocycles. The van der Waals surface area contributed by atoms with Gasteiger partial charge in [0.2, 0.25) is 0 Å². The first kappa shape index (κ1) is 72.8. The van der Waals surface area contributed by atoms with E-state index in [-0.39, 0.29) is 37.5 Å². The molecule has 0 aliphatic heterocycles. The van der Waals surface area contributed by atoms with E-state index in [2.05, 4.69) is 191 Å². The third-order valence-electron chi connectivity index (χ3n) is 12.4. The van der Waals surface area contributed by atoms with Gasteiger partial charge in [0.25, 0.3) is 0 Å². The van der Waals surface area contributed by atoms with Crippen LogP contribution >= 0.6 is 0 Å². The maximum atomic E-state index is 12.9. The van der Waals surface area contributed by atoms with Gasteiger partial charge in [0.1, 0.15) is 13.2 Å². The van der Waals surface area contributed by atoms with Crippen molar-refractivity contribution >= 4 is 17.9 Å². The smallest absolute Gasteiger partial charge is 0.306 e. The highest BCUT2D eigenvalue weighted by Gasteiger charge is 2.19. The van der Waals surface area contributed by atoms with Gasteiger partial charge in [-0.2, -0.15) is 0 Å². The van der Waals surface area contributed by atoms with Crippen LogP contribution in [0.25, 0.3) is 0 Å². The van der Waals surface area contributed by atoms with Crippen LogP contribution in [0.3, 0.4) is 0 Å². The molecule has 0 spiro atoms. The van der Waals surface area contributed by atoms with Gasteiger partial charge in [0.05, 0.1) is 0 Å². The third-order valence-corrected chi connectivity index (χ3v) is 12.4. The third kappa shape index (κ3) is 61.6. The topological polar surface area (TPSA) is 78.9 Å². The van der Waals surface area contributed by atoms with Gasteiger partial charge in [-0.1, -0.05) is 255 Å². The summed E-state index contributed by atoms with van der Waals surface area (Å²) in [6.45, 7) is 6.29. The summed E-state index contributed by atoms with van der Waals surface area (Å²) in [6, 6.07) is 0. The zero-order chi connectivity index (χ0) is 56.4. The molecule has 6 heteroatoms. The molecule has 0 saturated heterocycles. The summed E-state index contributed by atoms with van der Waals surface area (Å²) in [4.78, 5) is 38.2. The number of rotatable bonds is 54. The van der Waals surface area contributed by atoms with Gasteiger partial charge < -0.3 is 14.2 Å². The summed E-state index contributed by atoms with van der Waals surface area (Å²) < 4.78 is 16.8. The number of esters is 3. The molecule has 0 radical (unpaired) electrons. The maximum Gasteiger partial charge on any atom is 0.306 e. The Bertz CT molecular complexity index is 1810. The first-order chi connectivity index (χ1) is 38.5. The van der Waals surface area contributed by atoms with Crippen LogP contribution in [0.2, 0.25) is 0 Å². The molecule has 78 heavy (non-hydrogen) atoms. The minimum absolute atomic E-state index is 0.119. The molecule has 0 aliphatic carbocycles. The lowest BCUT2D eigenvalue weighted by molar-refractivity contribution is -0.167. The SMILES string of the molecule is CC/C=C\C/C=C\C/C=C\C/C=C\C/C=C\C/C=C\C/C=C\CCCCCCCCCC(=O)OCC(COC(=O)CCCCCCC/C=C\C/C=C\CCCC)OC(=O)CCC/C=C\C/C=C\C/C=C\C/C=C\C/C=C\CC. The van der Waals surface area contributed by atoms with Crippen molar-refractivity contribution in [3.05, 3.63) is 170 Å². The number of carbonyl (C=O) groups is 3. The van der Waals surface area contributed by atoms with Gasteiger partial charge in [-0.25, -0.2) is 0 Å². The number of ether oxygens (including phenoxy) is 3. The second-order valence-electron chi connectivity index (χ2n) is 19.8. The summed E-state index contributed by atoms with van der Waals surface area (Å²) in [7, 11) is 0. The van der Waals surface area contributed by atoms with Gasteiger partial charge in [-0.15, -0.1) is 0 Å². The second-order valence-corrected chi connectivity index (χ2v) is 19.8. The van der Waals surface area contributed by atoms with Gasteiger partial charge in [0, 0.05) is 19.3 Å². The van der Waals surface area contributed by atoms with Gasteiger partial charge >= 0.3 is 17.9 Å². The summed E-state index contributed by atoms with van der Waals surface area (Å²) in [5.74, 6) is -1.01. The highest BCUT2D eigenvalue weighted by atomic mass is 16.6. The van der Waals surface area contributed by atoms with Crippen molar-refractivity contribution in [1.82, 2.24) is 0 Å². The van der Waals surface area contributed by atoms with Crippen LogP contribution < -0.4 is 0 Å². The van der Waals surface area contributed by atoms with E-state index in [1.165, 1.54) is 38.5 Å². The van der Waals surface area contributed by atoms with E-state index in [9.17, 15) is 14.4 Å². The number of unbranched alkanes of at least 4 members (excludes halogenated alkanes) is 15. The molecule has 0 aromatic heterocycles. The molecule has 1 unspecified atom stereocenters. The molecular formula is C72H112O6. The number of allylic oxidation sites excluding steroid dienone is 28. The van der Waals surface area contributed by atoms with Crippen LogP contribution in [0.5, 0.6) is 0 Å². The van der Waals surface area contributed by atoms with Crippen molar-refractivity contribution in [1.29, 1.82) is 0 Å². The van der Waals surface area contributed by atoms with E-state index >= 15 is 0 Å². The normalized spacial score (nSPS) is 13.3. The van der Waals surface area contributed by atoms with Crippen LogP contribution in [0.1, 0.15) is 245 Å². The van der Waals surface area contributed by atoms with Crippen LogP contribution in [0, 0.1) is 0 Å². The van der Waals surface area contributed by atoms with Crippen LogP contribution in [-0.2, 0) is 28.6 Å². The quantitative estimate of drug-likeness (QED) is 0.0261. The standard InChI is InChI=1S/C72H112O6/c1-4-7-10-13-16-19-22-25-28-30-31-32-33-34-35-36-37-38-39-40-41-43-44-47-50-53-56-59-62-65-71(74)77-68-69(67-76-70(73)64-61-58-55-52-49-46-27-24-21-18-15-12-9-6-3)78-72(75)66-63-60-57-54-51-48-45-42-29-26-23-20-17-14-11-8-5-2/h7-8,10-11,15-20,24-29,31-32,34-35,37-38,40-41,45,48,54,57,69H,4-6,9,12-14,21-23,30,33,36,39,42-44,46-47,49-53,55-56,58-68H2,1-3H3/b10-7-,11-8-,18-15-,19-16-,20-17-,27-24-,28-25-,29-26-,32-31-,35-34-,38-37-,41-40-,48-45-,57-54-. The van der Waals surface area contributed by atoms with Gasteiger partial charge in [-0.05, 0) is 141 Å². The fraction of sp³-hybridized carbons (Fsp3) is 0.569. The van der Waals surface area contributed by atoms with Crippen LogP contribution in [0.15, 0.2) is 170 Å². The fourth-order valence-electron chi connectivity index (χ4n) is 7.83. The Balaban J connectivity index is 4.45. The Morgan fingerprint density at radius 3 is 0.821 bits per heavy atom. The lowest BCUT2D eigenvalue weighted by Crippen LogP contribution is -2.30. The van der Waals surface area contributed by atoms with Crippen molar-refractivity contribution < 1.29 is 28.6 Å². The number of hydrogen-bond donors (Lipinski definition) is 0. The highest BCUT2D eigenvalue weighted by molar-refractivity contribution is 5.71. The first-order valence-electron chi connectivity index (χ1n) is 31.1. The first-order valence-corrected chi connectivity index (χ1v) is 31.1. The molecule has 0 aromatic rings. The van der Waals surface area contributed by atoms with Gasteiger partial charge in [0.15, 0.2) is 6.10 Å². The minimum Gasteiger partial charge on any atom is -0.462 e. The number of hydrogen-bond acceptors (Lipinski definition) is 6. The predicted molar refractivity (Wildman–Crippen MR) is 338 cm³/mol. The molecule has 0 N–H and O–H groups in total. The Morgan fingerprint density at radius 1 is 0.269 bits per heavy atom. The Kier molecular flexibility index (Phi) is 60.0. The summed E-state index contributed by atoms with van der Waals surface area (Å²) in [5, 5.41) is 0. The summed E-state index contributed by atoms with van der Waals surface area (Å²) in [5.41, 5.74) is 0. The zero-order valence-corrected chi connectivity index (χ0v) is 49.9. The monoisotopic (exact) mass is 1070 g/mol. The molecule has 0 aromatic carbocycles. The van der Waals surface area contributed by atoms with E-state index < -0.39 is 6.10 Å². The van der Waals surface area contributed by atoms with Crippen molar-refractivity contribution in [2.75, 3.05) is 13.2 Å². The van der Waals surface area contributed by atoms with E-state index in [4.69, 9.17) is 14.2 Å². The molecule has 0 heterocycles. The van der Waals surface area contributed by atoms with Crippen molar-refractivity contribution in [2.45, 2.75) is 252 Å². The Labute approximate surface area is 479 Å². The zero-order valence-electron chi connectivity index (χ0n) is 49.9. The molecule has 0 amide bonds. The van der Waals surface area contributed by atoms with E-state index in [1.54, 1.807) is 0 Å². The molecule has 1 atom stereocenters. The average Bonchev–Trinajstić information content (AvgIpc) is 3.44. The average molecular weight is 1070 g/mol. The molecule has 6 nitrogen and oxygen atoms in total. The molecule has 0 fully saturated rings.